The SMILES string of the molecule is COc1ccc(-n2nc(C(=O)Nc3ccccn3)cc2-c2ccccn2)cn1. The van der Waals surface area contributed by atoms with Gasteiger partial charge in [-0.05, 0) is 36.4 Å². The predicted octanol–water partition coefficient (Wildman–Crippen LogP) is 2.99. The van der Waals surface area contributed by atoms with Gasteiger partial charge in [0.2, 0.25) is 5.88 Å². The first-order chi connectivity index (χ1) is 13.7. The van der Waals surface area contributed by atoms with E-state index in [1.165, 1.54) is 0 Å². The number of hydrogen-bond acceptors (Lipinski definition) is 6. The molecule has 4 aromatic rings. The highest BCUT2D eigenvalue weighted by Crippen LogP contribution is 2.23. The number of methoxy groups -OCH3 is 1. The van der Waals surface area contributed by atoms with Gasteiger partial charge < -0.3 is 10.1 Å². The van der Waals surface area contributed by atoms with Crippen LogP contribution in [0.4, 0.5) is 5.82 Å². The molecule has 28 heavy (non-hydrogen) atoms. The van der Waals surface area contributed by atoms with Crippen LogP contribution in [0, 0.1) is 0 Å². The van der Waals surface area contributed by atoms with Gasteiger partial charge in [-0.3, -0.25) is 9.78 Å². The predicted molar refractivity (Wildman–Crippen MR) is 103 cm³/mol. The van der Waals surface area contributed by atoms with Gasteiger partial charge >= 0.3 is 0 Å². The number of carbonyl (C=O) groups excluding carboxylic acids is 1. The Bertz CT molecular complexity index is 1080. The molecule has 1 amide bonds. The molecule has 8 heteroatoms. The summed E-state index contributed by atoms with van der Waals surface area (Å²) >= 11 is 0. The molecule has 0 saturated carbocycles. The lowest BCUT2D eigenvalue weighted by atomic mass is 10.2. The first-order valence-corrected chi connectivity index (χ1v) is 8.49. The summed E-state index contributed by atoms with van der Waals surface area (Å²) in [6.45, 7) is 0. The largest absolute Gasteiger partial charge is 0.481 e. The fourth-order valence-electron chi connectivity index (χ4n) is 2.62. The third kappa shape index (κ3) is 3.56. The van der Waals surface area contributed by atoms with Crippen molar-refractivity contribution in [3.8, 4) is 23.0 Å². The number of ether oxygens (including phenoxy) is 1. The van der Waals surface area contributed by atoms with Gasteiger partial charge in [0, 0.05) is 18.5 Å². The summed E-state index contributed by atoms with van der Waals surface area (Å²) in [6.07, 6.45) is 4.92. The summed E-state index contributed by atoms with van der Waals surface area (Å²) in [7, 11) is 1.55. The summed E-state index contributed by atoms with van der Waals surface area (Å²) in [5.41, 5.74) is 2.27. The summed E-state index contributed by atoms with van der Waals surface area (Å²) in [5.74, 6) is 0.576. The smallest absolute Gasteiger partial charge is 0.277 e. The van der Waals surface area contributed by atoms with Crippen LogP contribution in [0.15, 0.2) is 73.2 Å². The van der Waals surface area contributed by atoms with Crippen LogP contribution in [0.25, 0.3) is 17.1 Å². The van der Waals surface area contributed by atoms with E-state index in [1.54, 1.807) is 60.7 Å². The van der Waals surface area contributed by atoms with Crippen LogP contribution in [-0.2, 0) is 0 Å². The van der Waals surface area contributed by atoms with Gasteiger partial charge in [0.15, 0.2) is 5.69 Å². The molecule has 0 atom stereocenters. The lowest BCUT2D eigenvalue weighted by Gasteiger charge is -2.07. The van der Waals surface area contributed by atoms with Crippen molar-refractivity contribution in [2.75, 3.05) is 12.4 Å². The lowest BCUT2D eigenvalue weighted by Crippen LogP contribution is -2.14. The van der Waals surface area contributed by atoms with E-state index >= 15 is 0 Å². The minimum Gasteiger partial charge on any atom is -0.481 e. The Hall–Kier alpha value is -4.07. The van der Waals surface area contributed by atoms with Crippen molar-refractivity contribution in [3.05, 3.63) is 78.9 Å². The molecule has 0 unspecified atom stereocenters. The molecular weight excluding hydrogens is 356 g/mol. The molecule has 138 valence electrons. The fraction of sp³-hybridized carbons (Fsp3) is 0.0500. The second-order valence-electron chi connectivity index (χ2n) is 5.77. The second kappa shape index (κ2) is 7.67. The van der Waals surface area contributed by atoms with E-state index in [4.69, 9.17) is 4.74 Å². The van der Waals surface area contributed by atoms with E-state index in [1.807, 2.05) is 24.3 Å². The first kappa shape index (κ1) is 17.3. The van der Waals surface area contributed by atoms with Crippen LogP contribution >= 0.6 is 0 Å². The molecule has 0 aliphatic rings. The minimum atomic E-state index is -0.365. The summed E-state index contributed by atoms with van der Waals surface area (Å²) < 4.78 is 6.73. The van der Waals surface area contributed by atoms with Crippen LogP contribution in [-0.4, -0.2) is 37.7 Å². The molecule has 0 aliphatic heterocycles. The Morgan fingerprint density at radius 2 is 1.82 bits per heavy atom. The quantitative estimate of drug-likeness (QED) is 0.579. The van der Waals surface area contributed by atoms with Crippen molar-refractivity contribution in [1.29, 1.82) is 0 Å². The van der Waals surface area contributed by atoms with Crippen molar-refractivity contribution in [1.82, 2.24) is 24.7 Å². The van der Waals surface area contributed by atoms with Crippen molar-refractivity contribution < 1.29 is 9.53 Å². The van der Waals surface area contributed by atoms with Gasteiger partial charge in [-0.25, -0.2) is 14.6 Å². The molecule has 0 spiro atoms. The van der Waals surface area contributed by atoms with E-state index in [9.17, 15) is 4.79 Å². The number of nitrogens with zero attached hydrogens (tertiary/aromatic N) is 5. The molecule has 8 nitrogen and oxygen atoms in total. The van der Waals surface area contributed by atoms with Gasteiger partial charge in [0.25, 0.3) is 5.91 Å². The zero-order chi connectivity index (χ0) is 19.3. The highest BCUT2D eigenvalue weighted by molar-refractivity contribution is 6.03. The van der Waals surface area contributed by atoms with Gasteiger partial charge in [-0.15, -0.1) is 0 Å². The first-order valence-electron chi connectivity index (χ1n) is 8.49. The van der Waals surface area contributed by atoms with E-state index in [-0.39, 0.29) is 11.6 Å². The molecule has 4 rings (SSSR count). The molecule has 4 aromatic heterocycles. The Labute approximate surface area is 160 Å². The van der Waals surface area contributed by atoms with Gasteiger partial charge in [0.05, 0.1) is 30.4 Å². The topological polar surface area (TPSA) is 94.8 Å². The normalized spacial score (nSPS) is 10.5. The van der Waals surface area contributed by atoms with E-state index < -0.39 is 0 Å². The second-order valence-corrected chi connectivity index (χ2v) is 5.77. The summed E-state index contributed by atoms with van der Waals surface area (Å²) in [4.78, 5) is 25.4. The zero-order valence-corrected chi connectivity index (χ0v) is 15.0. The number of aromatic nitrogens is 5. The molecular formula is C20H16N6O2. The fourth-order valence-corrected chi connectivity index (χ4v) is 2.62. The highest BCUT2D eigenvalue weighted by Gasteiger charge is 2.18. The molecule has 4 heterocycles. The van der Waals surface area contributed by atoms with Gasteiger partial charge in [-0.1, -0.05) is 12.1 Å². The average molecular weight is 372 g/mol. The Kier molecular flexibility index (Phi) is 4.75. The maximum atomic E-state index is 12.7. The highest BCUT2D eigenvalue weighted by atomic mass is 16.5. The number of pyridine rings is 3. The summed E-state index contributed by atoms with van der Waals surface area (Å²) in [5, 5.41) is 7.20. The molecule has 0 aromatic carbocycles. The molecule has 0 bridgehead atoms. The summed E-state index contributed by atoms with van der Waals surface area (Å²) in [6, 6.07) is 16.1. The van der Waals surface area contributed by atoms with E-state index in [2.05, 4.69) is 25.4 Å². The zero-order valence-electron chi connectivity index (χ0n) is 15.0. The third-order valence-corrected chi connectivity index (χ3v) is 3.95. The molecule has 1 N–H and O–H groups in total. The maximum absolute atomic E-state index is 12.7. The number of amides is 1. The standard InChI is InChI=1S/C20H16N6O2/c1-28-19-9-8-14(13-23-19)26-17(15-6-2-4-10-21-15)12-16(25-26)20(27)24-18-7-3-5-11-22-18/h2-13H,1H3,(H,22,24,27). The van der Waals surface area contributed by atoms with Crippen LogP contribution in [0.3, 0.4) is 0 Å². The average Bonchev–Trinajstić information content (AvgIpc) is 3.21. The van der Waals surface area contributed by atoms with Crippen molar-refractivity contribution in [3.63, 3.8) is 0 Å². The van der Waals surface area contributed by atoms with Gasteiger partial charge in [0.1, 0.15) is 5.82 Å². The number of anilines is 1. The van der Waals surface area contributed by atoms with E-state index in [0.29, 0.717) is 28.8 Å². The third-order valence-electron chi connectivity index (χ3n) is 3.95. The number of carbonyl (C=O) groups is 1. The number of rotatable bonds is 5. The van der Waals surface area contributed by atoms with Crippen molar-refractivity contribution >= 4 is 11.7 Å². The molecule has 0 fully saturated rings. The van der Waals surface area contributed by atoms with Crippen LogP contribution in [0.5, 0.6) is 5.88 Å². The van der Waals surface area contributed by atoms with Crippen LogP contribution in [0.1, 0.15) is 10.5 Å². The lowest BCUT2D eigenvalue weighted by molar-refractivity contribution is 0.102. The van der Waals surface area contributed by atoms with E-state index in [0.717, 1.165) is 0 Å². The minimum absolute atomic E-state index is 0.238. The maximum Gasteiger partial charge on any atom is 0.277 e. The van der Waals surface area contributed by atoms with Crippen LogP contribution in [0.2, 0.25) is 0 Å². The Balaban J connectivity index is 1.74. The number of hydrogen-bond donors (Lipinski definition) is 1. The number of nitrogens with one attached hydrogen (secondary N) is 1. The molecule has 0 aliphatic carbocycles. The van der Waals surface area contributed by atoms with Gasteiger partial charge in [-0.2, -0.15) is 5.10 Å². The Morgan fingerprint density at radius 3 is 2.46 bits per heavy atom. The van der Waals surface area contributed by atoms with Crippen molar-refractivity contribution in [2.24, 2.45) is 0 Å². The monoisotopic (exact) mass is 372 g/mol. The molecule has 0 saturated heterocycles. The Morgan fingerprint density at radius 1 is 1.00 bits per heavy atom. The molecule has 0 radical (unpaired) electrons. The van der Waals surface area contributed by atoms with Crippen LogP contribution < -0.4 is 10.1 Å². The van der Waals surface area contributed by atoms with Crippen molar-refractivity contribution in [2.45, 2.75) is 0 Å².